The smallest absolute Gasteiger partial charge is 0.254 e. The maximum absolute atomic E-state index is 13.2. The first kappa shape index (κ1) is 26.2. The van der Waals surface area contributed by atoms with E-state index in [4.69, 9.17) is 16.7 Å². The number of benzene rings is 3. The van der Waals surface area contributed by atoms with Crippen molar-refractivity contribution in [1.29, 1.82) is 0 Å². The van der Waals surface area contributed by atoms with Crippen molar-refractivity contribution in [2.75, 3.05) is 18.4 Å². The molecule has 0 unspecified atom stereocenters. The molecule has 1 N–H and O–H groups in total. The zero-order valence-corrected chi connectivity index (χ0v) is 22.3. The standard InChI is InChI=1S/C30H31ClN4O2/c1-5-34(29(37)23-17-15-22(16-18-23)21-11-7-6-8-12-21)20-28(36)32-27-19-26(30(2,3)4)33-35(27)25-14-10-9-13-24(25)31/h6-19H,5,20H2,1-4H3,(H,32,36). The molecule has 0 saturated carbocycles. The predicted octanol–water partition coefficient (Wildman–Crippen LogP) is 6.59. The van der Waals surface area contributed by atoms with Crippen LogP contribution >= 0.6 is 11.6 Å². The van der Waals surface area contributed by atoms with Crippen LogP contribution in [0.4, 0.5) is 5.82 Å². The number of para-hydroxylation sites is 1. The number of anilines is 1. The maximum atomic E-state index is 13.2. The number of halogens is 1. The van der Waals surface area contributed by atoms with Crippen LogP contribution in [0.25, 0.3) is 16.8 Å². The molecule has 3 aromatic carbocycles. The van der Waals surface area contributed by atoms with Crippen LogP contribution in [0.3, 0.4) is 0 Å². The van der Waals surface area contributed by atoms with Crippen LogP contribution in [-0.2, 0) is 10.2 Å². The van der Waals surface area contributed by atoms with Gasteiger partial charge < -0.3 is 10.2 Å². The van der Waals surface area contributed by atoms with Gasteiger partial charge in [0.25, 0.3) is 5.91 Å². The Kier molecular flexibility index (Phi) is 7.79. The minimum absolute atomic E-state index is 0.0890. The molecule has 0 bridgehead atoms. The normalized spacial score (nSPS) is 11.3. The van der Waals surface area contributed by atoms with Crippen molar-refractivity contribution in [2.24, 2.45) is 0 Å². The van der Waals surface area contributed by atoms with Gasteiger partial charge in [-0.2, -0.15) is 5.10 Å². The summed E-state index contributed by atoms with van der Waals surface area (Å²) in [5.41, 5.74) is 3.88. The summed E-state index contributed by atoms with van der Waals surface area (Å²) < 4.78 is 1.64. The number of carbonyl (C=O) groups is 2. The van der Waals surface area contributed by atoms with Gasteiger partial charge in [-0.15, -0.1) is 0 Å². The van der Waals surface area contributed by atoms with Gasteiger partial charge >= 0.3 is 0 Å². The summed E-state index contributed by atoms with van der Waals surface area (Å²) in [5, 5.41) is 8.18. The maximum Gasteiger partial charge on any atom is 0.254 e. The first-order valence-corrected chi connectivity index (χ1v) is 12.6. The van der Waals surface area contributed by atoms with E-state index < -0.39 is 0 Å². The van der Waals surface area contributed by atoms with Crippen LogP contribution < -0.4 is 5.32 Å². The second kappa shape index (κ2) is 11.0. The van der Waals surface area contributed by atoms with Gasteiger partial charge in [-0.25, -0.2) is 4.68 Å². The fourth-order valence-electron chi connectivity index (χ4n) is 3.95. The number of hydrogen-bond acceptors (Lipinski definition) is 3. The Morgan fingerprint density at radius 1 is 0.919 bits per heavy atom. The second-order valence-corrected chi connectivity index (χ2v) is 10.2. The molecule has 1 heterocycles. The lowest BCUT2D eigenvalue weighted by Crippen LogP contribution is -2.38. The van der Waals surface area contributed by atoms with E-state index in [2.05, 4.69) is 26.1 Å². The Bertz CT molecular complexity index is 1390. The van der Waals surface area contributed by atoms with Crippen LogP contribution in [0.15, 0.2) is 84.9 Å². The molecule has 0 aliphatic rings. The molecule has 0 atom stereocenters. The fraction of sp³-hybridized carbons (Fsp3) is 0.233. The van der Waals surface area contributed by atoms with Crippen molar-refractivity contribution in [3.63, 3.8) is 0 Å². The van der Waals surface area contributed by atoms with Crippen LogP contribution in [0.1, 0.15) is 43.7 Å². The summed E-state index contributed by atoms with van der Waals surface area (Å²) in [4.78, 5) is 27.8. The highest BCUT2D eigenvalue weighted by atomic mass is 35.5. The minimum Gasteiger partial charge on any atom is -0.330 e. The highest BCUT2D eigenvalue weighted by Crippen LogP contribution is 2.29. The summed E-state index contributed by atoms with van der Waals surface area (Å²) in [5.74, 6) is -0.0178. The number of nitrogens with zero attached hydrogens (tertiary/aromatic N) is 3. The van der Waals surface area contributed by atoms with E-state index >= 15 is 0 Å². The van der Waals surface area contributed by atoms with Crippen LogP contribution in [0.2, 0.25) is 5.02 Å². The molecular weight excluding hydrogens is 484 g/mol. The van der Waals surface area contributed by atoms with E-state index in [9.17, 15) is 9.59 Å². The molecule has 0 aliphatic heterocycles. The molecule has 7 heteroatoms. The molecular formula is C30H31ClN4O2. The number of likely N-dealkylation sites (N-methyl/N-ethyl adjacent to an activating group) is 1. The molecule has 2 amide bonds. The molecule has 0 aliphatic carbocycles. The van der Waals surface area contributed by atoms with Crippen molar-refractivity contribution in [3.05, 3.63) is 101 Å². The van der Waals surface area contributed by atoms with Crippen LogP contribution in [-0.4, -0.2) is 39.6 Å². The van der Waals surface area contributed by atoms with Gasteiger partial charge in [-0.1, -0.05) is 87.0 Å². The van der Waals surface area contributed by atoms with E-state index in [1.807, 2.05) is 73.7 Å². The molecule has 4 aromatic rings. The van der Waals surface area contributed by atoms with Gasteiger partial charge in [-0.3, -0.25) is 9.59 Å². The number of hydrogen-bond donors (Lipinski definition) is 1. The van der Waals surface area contributed by atoms with Crippen molar-refractivity contribution in [3.8, 4) is 16.8 Å². The lowest BCUT2D eigenvalue weighted by molar-refractivity contribution is -0.116. The average Bonchev–Trinajstić information content (AvgIpc) is 3.32. The van der Waals surface area contributed by atoms with E-state index in [-0.39, 0.29) is 23.8 Å². The Morgan fingerprint density at radius 3 is 2.16 bits per heavy atom. The molecule has 0 fully saturated rings. The third-order valence-electron chi connectivity index (χ3n) is 6.07. The molecule has 190 valence electrons. The van der Waals surface area contributed by atoms with E-state index in [1.165, 1.54) is 4.90 Å². The van der Waals surface area contributed by atoms with Crippen LogP contribution in [0, 0.1) is 0 Å². The van der Waals surface area contributed by atoms with Gasteiger partial charge in [0.05, 0.1) is 16.4 Å². The molecule has 0 spiro atoms. The van der Waals surface area contributed by atoms with E-state index in [0.717, 1.165) is 16.8 Å². The third-order valence-corrected chi connectivity index (χ3v) is 6.39. The number of carbonyl (C=O) groups excluding carboxylic acids is 2. The number of amides is 2. The molecule has 0 radical (unpaired) electrons. The highest BCUT2D eigenvalue weighted by molar-refractivity contribution is 6.32. The lowest BCUT2D eigenvalue weighted by atomic mass is 9.92. The summed E-state index contributed by atoms with van der Waals surface area (Å²) >= 11 is 6.43. The summed E-state index contributed by atoms with van der Waals surface area (Å²) in [6.45, 7) is 8.32. The average molecular weight is 515 g/mol. The predicted molar refractivity (Wildman–Crippen MR) is 149 cm³/mol. The Morgan fingerprint density at radius 2 is 1.54 bits per heavy atom. The van der Waals surface area contributed by atoms with Crippen molar-refractivity contribution in [2.45, 2.75) is 33.1 Å². The Hall–Kier alpha value is -3.90. The van der Waals surface area contributed by atoms with Crippen molar-refractivity contribution >= 4 is 29.2 Å². The zero-order valence-electron chi connectivity index (χ0n) is 21.5. The lowest BCUT2D eigenvalue weighted by Gasteiger charge is -2.21. The van der Waals surface area contributed by atoms with Gasteiger partial charge in [0, 0.05) is 23.6 Å². The van der Waals surface area contributed by atoms with E-state index in [1.54, 1.807) is 22.9 Å². The SMILES string of the molecule is CCN(CC(=O)Nc1cc(C(C)(C)C)nn1-c1ccccc1Cl)C(=O)c1ccc(-c2ccccc2)cc1. The summed E-state index contributed by atoms with van der Waals surface area (Å²) in [6, 6.07) is 26.6. The third kappa shape index (κ3) is 6.09. The van der Waals surface area contributed by atoms with Gasteiger partial charge in [-0.05, 0) is 42.3 Å². The largest absolute Gasteiger partial charge is 0.330 e. The number of rotatable bonds is 7. The zero-order chi connectivity index (χ0) is 26.6. The Balaban J connectivity index is 1.52. The molecule has 6 nitrogen and oxygen atoms in total. The Labute approximate surface area is 222 Å². The topological polar surface area (TPSA) is 67.2 Å². The number of aromatic nitrogens is 2. The monoisotopic (exact) mass is 514 g/mol. The first-order chi connectivity index (χ1) is 17.7. The molecule has 0 saturated heterocycles. The van der Waals surface area contributed by atoms with Gasteiger partial charge in [0.15, 0.2) is 0 Å². The van der Waals surface area contributed by atoms with Crippen molar-refractivity contribution < 1.29 is 9.59 Å². The van der Waals surface area contributed by atoms with Gasteiger partial charge in [0.1, 0.15) is 12.4 Å². The van der Waals surface area contributed by atoms with E-state index in [0.29, 0.717) is 28.6 Å². The summed E-state index contributed by atoms with van der Waals surface area (Å²) in [6.07, 6.45) is 0. The molecule has 4 rings (SSSR count). The van der Waals surface area contributed by atoms with Crippen LogP contribution in [0.5, 0.6) is 0 Å². The fourth-order valence-corrected chi connectivity index (χ4v) is 4.16. The summed E-state index contributed by atoms with van der Waals surface area (Å²) in [7, 11) is 0. The van der Waals surface area contributed by atoms with Gasteiger partial charge in [0.2, 0.25) is 5.91 Å². The minimum atomic E-state index is -0.315. The molecule has 37 heavy (non-hydrogen) atoms. The van der Waals surface area contributed by atoms with Crippen molar-refractivity contribution in [1.82, 2.24) is 14.7 Å². The first-order valence-electron chi connectivity index (χ1n) is 12.3. The molecule has 1 aromatic heterocycles. The number of nitrogens with one attached hydrogen (secondary N) is 1. The second-order valence-electron chi connectivity index (χ2n) is 9.84. The quantitative estimate of drug-likeness (QED) is 0.302. The highest BCUT2D eigenvalue weighted by Gasteiger charge is 2.23.